The lowest BCUT2D eigenvalue weighted by Crippen LogP contribution is -2.09. The van der Waals surface area contributed by atoms with Crippen LogP contribution >= 0.6 is 23.2 Å². The molecule has 0 aliphatic rings. The van der Waals surface area contributed by atoms with Gasteiger partial charge in [-0.3, -0.25) is 4.98 Å². The molecule has 3 aromatic rings. The summed E-state index contributed by atoms with van der Waals surface area (Å²) < 4.78 is 5.41. The van der Waals surface area contributed by atoms with Gasteiger partial charge < -0.3 is 4.74 Å². The number of carbonyl (C=O) groups is 1. The normalized spacial score (nSPS) is 10.6. The number of carbonyl (C=O) groups excluding carboxylic acids is 1. The maximum atomic E-state index is 12.2. The minimum absolute atomic E-state index is 0.251. The number of aromatic nitrogens is 1. The number of hydrogen-bond acceptors (Lipinski definition) is 3. The molecule has 0 fully saturated rings. The van der Waals surface area contributed by atoms with E-state index < -0.39 is 5.97 Å². The van der Waals surface area contributed by atoms with Crippen molar-refractivity contribution >= 4 is 40.1 Å². The monoisotopic (exact) mass is 317 g/mol. The Bertz CT molecular complexity index is 828. The van der Waals surface area contributed by atoms with E-state index >= 15 is 0 Å². The van der Waals surface area contributed by atoms with Crippen LogP contribution in [0.15, 0.2) is 54.7 Å². The molecule has 0 aliphatic carbocycles. The molecule has 0 amide bonds. The topological polar surface area (TPSA) is 39.2 Å². The van der Waals surface area contributed by atoms with Crippen LogP contribution in [0.4, 0.5) is 0 Å². The van der Waals surface area contributed by atoms with Crippen LogP contribution in [0.1, 0.15) is 10.4 Å². The number of pyridine rings is 1. The number of para-hydroxylation sites is 1. The van der Waals surface area contributed by atoms with Crippen LogP contribution in [0.25, 0.3) is 10.9 Å². The predicted molar refractivity (Wildman–Crippen MR) is 83.2 cm³/mol. The zero-order valence-electron chi connectivity index (χ0n) is 10.7. The van der Waals surface area contributed by atoms with Crippen molar-refractivity contribution in [3.63, 3.8) is 0 Å². The van der Waals surface area contributed by atoms with E-state index in [0.29, 0.717) is 16.3 Å². The molecule has 3 rings (SSSR count). The number of halogens is 2. The molecular weight excluding hydrogens is 309 g/mol. The lowest BCUT2D eigenvalue weighted by Gasteiger charge is -2.08. The van der Waals surface area contributed by atoms with Gasteiger partial charge in [0, 0.05) is 16.6 Å². The molecule has 0 atom stereocenters. The summed E-state index contributed by atoms with van der Waals surface area (Å²) in [6.07, 6.45) is 1.65. The third-order valence-corrected chi connectivity index (χ3v) is 3.50. The summed E-state index contributed by atoms with van der Waals surface area (Å²) >= 11 is 11.8. The fourth-order valence-electron chi connectivity index (χ4n) is 1.97. The average molecular weight is 318 g/mol. The van der Waals surface area contributed by atoms with Gasteiger partial charge in [-0.15, -0.1) is 0 Å². The molecule has 0 aliphatic heterocycles. The molecule has 0 radical (unpaired) electrons. The lowest BCUT2D eigenvalue weighted by molar-refractivity contribution is 0.0737. The molecule has 0 bridgehead atoms. The van der Waals surface area contributed by atoms with Crippen molar-refractivity contribution in [2.45, 2.75) is 0 Å². The maximum absolute atomic E-state index is 12.2. The standard InChI is InChI=1S/C16H9Cl2NO2/c17-11-6-7-12(13(18)9-11)16(20)21-14-5-1-3-10-4-2-8-19-15(10)14/h1-9H. The van der Waals surface area contributed by atoms with E-state index in [4.69, 9.17) is 27.9 Å². The molecule has 5 heteroatoms. The van der Waals surface area contributed by atoms with Crippen molar-refractivity contribution < 1.29 is 9.53 Å². The van der Waals surface area contributed by atoms with Gasteiger partial charge in [0.05, 0.1) is 10.6 Å². The van der Waals surface area contributed by atoms with Crippen LogP contribution in [-0.4, -0.2) is 11.0 Å². The lowest BCUT2D eigenvalue weighted by atomic mass is 10.2. The first-order valence-electron chi connectivity index (χ1n) is 6.16. The number of rotatable bonds is 2. The van der Waals surface area contributed by atoms with E-state index in [-0.39, 0.29) is 10.6 Å². The van der Waals surface area contributed by atoms with E-state index in [2.05, 4.69) is 4.98 Å². The second-order valence-corrected chi connectivity index (χ2v) is 5.19. The Morgan fingerprint density at radius 3 is 2.67 bits per heavy atom. The van der Waals surface area contributed by atoms with Gasteiger partial charge in [0.1, 0.15) is 5.52 Å². The van der Waals surface area contributed by atoms with Gasteiger partial charge in [0.2, 0.25) is 0 Å². The van der Waals surface area contributed by atoms with Crippen LogP contribution in [0.5, 0.6) is 5.75 Å². The molecule has 0 unspecified atom stereocenters. The number of fused-ring (bicyclic) bond motifs is 1. The number of esters is 1. The van der Waals surface area contributed by atoms with Crippen molar-refractivity contribution in [2.24, 2.45) is 0 Å². The summed E-state index contributed by atoms with van der Waals surface area (Å²) in [5.41, 5.74) is 0.882. The van der Waals surface area contributed by atoms with Gasteiger partial charge in [-0.05, 0) is 30.3 Å². The second-order valence-electron chi connectivity index (χ2n) is 4.34. The first-order valence-corrected chi connectivity index (χ1v) is 6.92. The van der Waals surface area contributed by atoms with Crippen molar-refractivity contribution in [2.75, 3.05) is 0 Å². The van der Waals surface area contributed by atoms with E-state index in [1.807, 2.05) is 18.2 Å². The molecule has 104 valence electrons. The largest absolute Gasteiger partial charge is 0.421 e. The van der Waals surface area contributed by atoms with E-state index in [1.165, 1.54) is 12.1 Å². The average Bonchev–Trinajstić information content (AvgIpc) is 2.47. The third-order valence-electron chi connectivity index (χ3n) is 2.95. The number of ether oxygens (including phenoxy) is 1. The molecule has 21 heavy (non-hydrogen) atoms. The minimum Gasteiger partial charge on any atom is -0.421 e. The highest BCUT2D eigenvalue weighted by molar-refractivity contribution is 6.36. The Labute approximate surface area is 131 Å². The molecule has 3 nitrogen and oxygen atoms in total. The number of hydrogen-bond donors (Lipinski definition) is 0. The van der Waals surface area contributed by atoms with E-state index in [1.54, 1.807) is 24.4 Å². The molecule has 2 aromatic carbocycles. The Hall–Kier alpha value is -2.10. The molecule has 0 saturated heterocycles. The quantitative estimate of drug-likeness (QED) is 0.505. The van der Waals surface area contributed by atoms with Crippen molar-refractivity contribution in [3.05, 3.63) is 70.3 Å². The third kappa shape index (κ3) is 2.84. The van der Waals surface area contributed by atoms with Gasteiger partial charge in [0.15, 0.2) is 5.75 Å². The summed E-state index contributed by atoms with van der Waals surface area (Å²) in [7, 11) is 0. The number of nitrogens with zero attached hydrogens (tertiary/aromatic N) is 1. The summed E-state index contributed by atoms with van der Waals surface area (Å²) in [5.74, 6) is -0.154. The summed E-state index contributed by atoms with van der Waals surface area (Å²) in [6, 6.07) is 13.7. The highest BCUT2D eigenvalue weighted by atomic mass is 35.5. The van der Waals surface area contributed by atoms with Crippen molar-refractivity contribution in [1.29, 1.82) is 0 Å². The van der Waals surface area contributed by atoms with Gasteiger partial charge in [-0.1, -0.05) is 41.4 Å². The van der Waals surface area contributed by atoms with Crippen LogP contribution in [0, 0.1) is 0 Å². The van der Waals surface area contributed by atoms with Gasteiger partial charge in [-0.2, -0.15) is 0 Å². The van der Waals surface area contributed by atoms with Gasteiger partial charge in [0.25, 0.3) is 0 Å². The fraction of sp³-hybridized carbons (Fsp3) is 0. The summed E-state index contributed by atoms with van der Waals surface area (Å²) in [4.78, 5) is 16.4. The summed E-state index contributed by atoms with van der Waals surface area (Å²) in [5, 5.41) is 1.61. The molecule has 0 N–H and O–H groups in total. The fourth-order valence-corrected chi connectivity index (χ4v) is 2.45. The zero-order valence-corrected chi connectivity index (χ0v) is 12.2. The Kier molecular flexibility index (Phi) is 3.78. The molecule has 0 saturated carbocycles. The van der Waals surface area contributed by atoms with Gasteiger partial charge in [-0.25, -0.2) is 4.79 Å². The van der Waals surface area contributed by atoms with Crippen LogP contribution in [0.2, 0.25) is 10.0 Å². The van der Waals surface area contributed by atoms with Gasteiger partial charge >= 0.3 is 5.97 Å². The Balaban J connectivity index is 1.97. The zero-order chi connectivity index (χ0) is 14.8. The highest BCUT2D eigenvalue weighted by Gasteiger charge is 2.15. The van der Waals surface area contributed by atoms with E-state index in [0.717, 1.165) is 5.39 Å². The maximum Gasteiger partial charge on any atom is 0.345 e. The Morgan fingerprint density at radius 2 is 1.86 bits per heavy atom. The van der Waals surface area contributed by atoms with Crippen molar-refractivity contribution in [3.8, 4) is 5.75 Å². The molecule has 0 spiro atoms. The van der Waals surface area contributed by atoms with E-state index in [9.17, 15) is 4.79 Å². The SMILES string of the molecule is O=C(Oc1cccc2cccnc12)c1ccc(Cl)cc1Cl. The molecule has 1 aromatic heterocycles. The van der Waals surface area contributed by atoms with Crippen LogP contribution < -0.4 is 4.74 Å². The first kappa shape index (κ1) is 13.9. The van der Waals surface area contributed by atoms with Crippen LogP contribution in [-0.2, 0) is 0 Å². The Morgan fingerprint density at radius 1 is 1.05 bits per heavy atom. The highest BCUT2D eigenvalue weighted by Crippen LogP contribution is 2.26. The van der Waals surface area contributed by atoms with Crippen LogP contribution in [0.3, 0.4) is 0 Å². The minimum atomic E-state index is -0.546. The first-order chi connectivity index (χ1) is 10.1. The smallest absolute Gasteiger partial charge is 0.345 e. The predicted octanol–water partition coefficient (Wildman–Crippen LogP) is 4.76. The number of benzene rings is 2. The summed E-state index contributed by atoms with van der Waals surface area (Å²) in [6.45, 7) is 0. The second kappa shape index (κ2) is 5.72. The molecule has 1 heterocycles. The van der Waals surface area contributed by atoms with Crippen molar-refractivity contribution in [1.82, 2.24) is 4.98 Å². The molecular formula is C16H9Cl2NO2.